The van der Waals surface area contributed by atoms with Crippen molar-refractivity contribution >= 4 is 11.6 Å². The van der Waals surface area contributed by atoms with Gasteiger partial charge in [0.05, 0.1) is 6.61 Å². The lowest BCUT2D eigenvalue weighted by Crippen LogP contribution is -2.04. The van der Waals surface area contributed by atoms with Gasteiger partial charge < -0.3 is 4.74 Å². The van der Waals surface area contributed by atoms with E-state index in [9.17, 15) is 0 Å². The fraction of sp³-hybridized carbons (Fsp3) is 0.455. The summed E-state index contributed by atoms with van der Waals surface area (Å²) in [4.78, 5) is 0. The van der Waals surface area contributed by atoms with Gasteiger partial charge in [-0.2, -0.15) is 0 Å². The average molecular weight is 201 g/mol. The molecule has 0 aromatic heterocycles. The van der Waals surface area contributed by atoms with Crippen LogP contribution in [0.2, 0.25) is 5.02 Å². The maximum absolute atomic E-state index is 5.78. The van der Waals surface area contributed by atoms with Gasteiger partial charge in [-0.3, -0.25) is 0 Å². The summed E-state index contributed by atoms with van der Waals surface area (Å²) in [5.41, 5.74) is 0. The molecule has 1 aromatic rings. The minimum atomic E-state index is 0. The lowest BCUT2D eigenvalue weighted by Gasteiger charge is -2.08. The molecule has 13 heavy (non-hydrogen) atoms. The van der Waals surface area contributed by atoms with Crippen LogP contribution in [-0.2, 0) is 0 Å². The van der Waals surface area contributed by atoms with E-state index in [-0.39, 0.29) is 7.43 Å². The first-order valence-corrected chi connectivity index (χ1v) is 4.44. The van der Waals surface area contributed by atoms with E-state index in [2.05, 4.69) is 13.8 Å². The van der Waals surface area contributed by atoms with Crippen molar-refractivity contribution in [2.45, 2.75) is 21.3 Å². The molecule has 0 amide bonds. The molecule has 0 unspecified atom stereocenters. The highest BCUT2D eigenvalue weighted by Crippen LogP contribution is 2.17. The first kappa shape index (κ1) is 12.3. The molecule has 0 saturated carbocycles. The fourth-order valence-corrected chi connectivity index (χ4v) is 1.000. The summed E-state index contributed by atoms with van der Waals surface area (Å²) in [6, 6.07) is 7.46. The summed E-state index contributed by atoms with van der Waals surface area (Å²) in [6.45, 7) is 4.97. The second-order valence-electron chi connectivity index (χ2n) is 3.16. The highest BCUT2D eigenvalue weighted by molar-refractivity contribution is 6.30. The molecule has 0 saturated heterocycles. The van der Waals surface area contributed by atoms with Gasteiger partial charge in [-0.05, 0) is 24.1 Å². The summed E-state index contributed by atoms with van der Waals surface area (Å²) in [5.74, 6) is 1.39. The first-order chi connectivity index (χ1) is 5.68. The molecule has 0 aliphatic carbocycles. The second-order valence-corrected chi connectivity index (χ2v) is 3.60. The number of ether oxygens (including phenoxy) is 1. The van der Waals surface area contributed by atoms with Crippen molar-refractivity contribution in [2.24, 2.45) is 5.92 Å². The van der Waals surface area contributed by atoms with Crippen LogP contribution in [0.25, 0.3) is 0 Å². The number of halogens is 1. The van der Waals surface area contributed by atoms with Crippen LogP contribution < -0.4 is 4.74 Å². The summed E-state index contributed by atoms with van der Waals surface area (Å²) < 4.78 is 5.46. The Labute approximate surface area is 85.7 Å². The van der Waals surface area contributed by atoms with E-state index < -0.39 is 0 Å². The van der Waals surface area contributed by atoms with Gasteiger partial charge in [0.1, 0.15) is 5.75 Å². The van der Waals surface area contributed by atoms with E-state index in [1.165, 1.54) is 0 Å². The van der Waals surface area contributed by atoms with E-state index in [1.807, 2.05) is 24.3 Å². The minimum absolute atomic E-state index is 0. The predicted octanol–water partition coefficient (Wildman–Crippen LogP) is 4.01. The SMILES string of the molecule is C.CC(C)COc1cccc(Cl)c1. The van der Waals surface area contributed by atoms with Gasteiger partial charge in [0, 0.05) is 5.02 Å². The number of benzene rings is 1. The predicted molar refractivity (Wildman–Crippen MR) is 58.5 cm³/mol. The highest BCUT2D eigenvalue weighted by Gasteiger charge is 1.96. The molecule has 0 N–H and O–H groups in total. The summed E-state index contributed by atoms with van der Waals surface area (Å²) in [7, 11) is 0. The van der Waals surface area contributed by atoms with Gasteiger partial charge >= 0.3 is 0 Å². The molecule has 0 aliphatic rings. The Kier molecular flexibility index (Phi) is 5.56. The van der Waals surface area contributed by atoms with E-state index in [0.717, 1.165) is 17.4 Å². The van der Waals surface area contributed by atoms with E-state index in [1.54, 1.807) is 0 Å². The van der Waals surface area contributed by atoms with E-state index in [4.69, 9.17) is 16.3 Å². The summed E-state index contributed by atoms with van der Waals surface area (Å²) in [6.07, 6.45) is 0. The van der Waals surface area contributed by atoms with Gasteiger partial charge in [0.25, 0.3) is 0 Å². The zero-order valence-corrected chi connectivity index (χ0v) is 8.14. The van der Waals surface area contributed by atoms with Crippen LogP contribution in [-0.4, -0.2) is 6.61 Å². The van der Waals surface area contributed by atoms with Crippen molar-refractivity contribution in [3.05, 3.63) is 29.3 Å². The quantitative estimate of drug-likeness (QED) is 0.717. The van der Waals surface area contributed by atoms with Crippen molar-refractivity contribution < 1.29 is 4.74 Å². The lowest BCUT2D eigenvalue weighted by atomic mass is 10.2. The molecule has 1 aromatic carbocycles. The van der Waals surface area contributed by atoms with Gasteiger partial charge in [-0.1, -0.05) is 38.9 Å². The molecule has 1 nitrogen and oxygen atoms in total. The van der Waals surface area contributed by atoms with Gasteiger partial charge in [0.15, 0.2) is 0 Å². The Hall–Kier alpha value is -0.690. The Morgan fingerprint density at radius 1 is 1.38 bits per heavy atom. The van der Waals surface area contributed by atoms with Gasteiger partial charge in [0.2, 0.25) is 0 Å². The summed E-state index contributed by atoms with van der Waals surface area (Å²) in [5, 5.41) is 0.719. The topological polar surface area (TPSA) is 9.23 Å². The second kappa shape index (κ2) is 5.87. The molecular weight excluding hydrogens is 184 g/mol. The molecule has 0 aliphatic heterocycles. The largest absolute Gasteiger partial charge is 0.493 e. The number of rotatable bonds is 3. The molecule has 2 heteroatoms. The first-order valence-electron chi connectivity index (χ1n) is 4.07. The maximum atomic E-state index is 5.78. The average Bonchev–Trinajstić information content (AvgIpc) is 2.01. The van der Waals surface area contributed by atoms with Crippen molar-refractivity contribution in [3.63, 3.8) is 0 Å². The van der Waals surface area contributed by atoms with Crippen LogP contribution in [0, 0.1) is 5.92 Å². The molecule has 1 rings (SSSR count). The summed E-state index contributed by atoms with van der Waals surface area (Å²) >= 11 is 5.78. The van der Waals surface area contributed by atoms with Crippen LogP contribution in [0.1, 0.15) is 21.3 Å². The smallest absolute Gasteiger partial charge is 0.120 e. The Morgan fingerprint density at radius 3 is 2.62 bits per heavy atom. The molecule has 0 spiro atoms. The molecule has 0 fully saturated rings. The normalized spacial score (nSPS) is 9.54. The Bertz CT molecular complexity index is 246. The molecule has 74 valence electrons. The fourth-order valence-electron chi connectivity index (χ4n) is 0.820. The van der Waals surface area contributed by atoms with Crippen molar-refractivity contribution in [1.82, 2.24) is 0 Å². The van der Waals surface area contributed by atoms with E-state index in [0.29, 0.717) is 5.92 Å². The van der Waals surface area contributed by atoms with Crippen molar-refractivity contribution in [2.75, 3.05) is 6.61 Å². The van der Waals surface area contributed by atoms with Gasteiger partial charge in [-0.15, -0.1) is 0 Å². The Balaban J connectivity index is 0.00000144. The zero-order valence-electron chi connectivity index (χ0n) is 7.38. The molecule has 0 heterocycles. The number of hydrogen-bond acceptors (Lipinski definition) is 1. The van der Waals surface area contributed by atoms with Crippen LogP contribution >= 0.6 is 11.6 Å². The highest BCUT2D eigenvalue weighted by atomic mass is 35.5. The zero-order chi connectivity index (χ0) is 8.97. The molecular formula is C11H17ClO. The molecule has 0 atom stereocenters. The van der Waals surface area contributed by atoms with Crippen LogP contribution in [0.15, 0.2) is 24.3 Å². The number of hydrogen-bond donors (Lipinski definition) is 0. The Morgan fingerprint density at radius 2 is 2.08 bits per heavy atom. The minimum Gasteiger partial charge on any atom is -0.493 e. The monoisotopic (exact) mass is 200 g/mol. The maximum Gasteiger partial charge on any atom is 0.120 e. The van der Waals surface area contributed by atoms with Crippen molar-refractivity contribution in [3.8, 4) is 5.75 Å². The van der Waals surface area contributed by atoms with Crippen LogP contribution in [0.3, 0.4) is 0 Å². The van der Waals surface area contributed by atoms with E-state index >= 15 is 0 Å². The van der Waals surface area contributed by atoms with Crippen LogP contribution in [0.5, 0.6) is 5.75 Å². The molecule has 0 radical (unpaired) electrons. The molecule has 0 bridgehead atoms. The third kappa shape index (κ3) is 4.79. The third-order valence-electron chi connectivity index (χ3n) is 1.38. The van der Waals surface area contributed by atoms with Gasteiger partial charge in [-0.25, -0.2) is 0 Å². The van der Waals surface area contributed by atoms with Crippen LogP contribution in [0.4, 0.5) is 0 Å². The lowest BCUT2D eigenvalue weighted by molar-refractivity contribution is 0.271. The third-order valence-corrected chi connectivity index (χ3v) is 1.61. The standard InChI is InChI=1S/C10H13ClO.CH4/c1-8(2)7-12-10-5-3-4-9(11)6-10;/h3-6,8H,7H2,1-2H3;1H4. The van der Waals surface area contributed by atoms with Crippen molar-refractivity contribution in [1.29, 1.82) is 0 Å².